The van der Waals surface area contributed by atoms with Crippen molar-refractivity contribution in [3.05, 3.63) is 67.2 Å². The number of amidine groups is 1. The van der Waals surface area contributed by atoms with Crippen molar-refractivity contribution in [1.82, 2.24) is 10.3 Å². The second kappa shape index (κ2) is 11.8. The minimum absolute atomic E-state index is 0.406. The number of anilines is 1. The van der Waals surface area contributed by atoms with E-state index in [0.717, 1.165) is 28.5 Å². The van der Waals surface area contributed by atoms with Crippen molar-refractivity contribution in [2.24, 2.45) is 15.9 Å². The summed E-state index contributed by atoms with van der Waals surface area (Å²) in [4.78, 5) is 15.5. The first-order valence-electron chi connectivity index (χ1n) is 8.99. The van der Waals surface area contributed by atoms with Gasteiger partial charge in [0.1, 0.15) is 0 Å². The molecule has 0 radical (unpaired) electrons. The molecule has 5 nitrogen and oxygen atoms in total. The van der Waals surface area contributed by atoms with E-state index in [-0.39, 0.29) is 0 Å². The zero-order chi connectivity index (χ0) is 20.2. The third-order valence-electron chi connectivity index (χ3n) is 3.69. The molecule has 5 heteroatoms. The Hall–Kier alpha value is -2.79. The van der Waals surface area contributed by atoms with Gasteiger partial charge in [0.05, 0.1) is 12.2 Å². The van der Waals surface area contributed by atoms with E-state index in [9.17, 15) is 0 Å². The summed E-state index contributed by atoms with van der Waals surface area (Å²) in [6.45, 7) is 12.5. The summed E-state index contributed by atoms with van der Waals surface area (Å²) < 4.78 is 0. The summed E-state index contributed by atoms with van der Waals surface area (Å²) >= 11 is 0. The summed E-state index contributed by atoms with van der Waals surface area (Å²) in [5.41, 5.74) is 3.93. The molecule has 144 valence electrons. The lowest BCUT2D eigenvalue weighted by Gasteiger charge is -2.16. The van der Waals surface area contributed by atoms with Gasteiger partial charge in [0.25, 0.3) is 0 Å². The van der Waals surface area contributed by atoms with Crippen LogP contribution in [-0.2, 0) is 0 Å². The third-order valence-corrected chi connectivity index (χ3v) is 3.69. The van der Waals surface area contributed by atoms with Crippen LogP contribution < -0.4 is 10.2 Å². The molecule has 1 aliphatic heterocycles. The molecule has 0 atom stereocenters. The number of hydrogen-bond donors (Lipinski definition) is 1. The van der Waals surface area contributed by atoms with Crippen molar-refractivity contribution in [2.45, 2.75) is 13.8 Å². The van der Waals surface area contributed by atoms with E-state index in [4.69, 9.17) is 0 Å². The zero-order valence-electron chi connectivity index (χ0n) is 17.1. The minimum atomic E-state index is 0.406. The highest BCUT2D eigenvalue weighted by atomic mass is 15.1. The second-order valence-electron chi connectivity index (χ2n) is 6.33. The van der Waals surface area contributed by atoms with Crippen LogP contribution in [0.4, 0.5) is 5.69 Å². The number of nitrogens with one attached hydrogen (secondary N) is 1. The standard InChI is InChI=1S/C20H24N4.C2H7N/c1-6-8-9-16(20-22-13-19(23-20)15(3)4)14-24(5)18-10-11-21-17(7-2)12-18;1-3-2/h6-12,14-15H,1-2,13H2,3-5H3;3H,1-2H3/b9-8-,16-14+;. The quantitative estimate of drug-likeness (QED) is 0.739. The number of allylic oxidation sites excluding steroid dienone is 2. The molecule has 1 aliphatic rings. The van der Waals surface area contributed by atoms with E-state index >= 15 is 0 Å². The highest BCUT2D eigenvalue weighted by Crippen LogP contribution is 2.18. The Morgan fingerprint density at radius 2 is 2.00 bits per heavy atom. The lowest BCUT2D eigenvalue weighted by Crippen LogP contribution is -2.12. The molecule has 0 aliphatic carbocycles. The van der Waals surface area contributed by atoms with Crippen molar-refractivity contribution in [1.29, 1.82) is 0 Å². The Morgan fingerprint density at radius 1 is 1.30 bits per heavy atom. The maximum Gasteiger partial charge on any atom is 0.156 e. The highest BCUT2D eigenvalue weighted by Gasteiger charge is 2.15. The summed E-state index contributed by atoms with van der Waals surface area (Å²) in [6.07, 6.45) is 11.2. The van der Waals surface area contributed by atoms with Crippen molar-refractivity contribution in [3.8, 4) is 0 Å². The molecule has 0 fully saturated rings. The van der Waals surface area contributed by atoms with Crippen LogP contribution in [0.1, 0.15) is 19.5 Å². The summed E-state index contributed by atoms with van der Waals surface area (Å²) in [5.74, 6) is 1.17. The molecule has 27 heavy (non-hydrogen) atoms. The molecule has 0 spiro atoms. The maximum atomic E-state index is 4.68. The van der Waals surface area contributed by atoms with Crippen molar-refractivity contribution < 1.29 is 0 Å². The first kappa shape index (κ1) is 22.3. The van der Waals surface area contributed by atoms with E-state index in [2.05, 4.69) is 47.3 Å². The fourth-order valence-electron chi connectivity index (χ4n) is 2.23. The van der Waals surface area contributed by atoms with Crippen molar-refractivity contribution in [2.75, 3.05) is 32.6 Å². The molecule has 2 rings (SSSR count). The molecular weight excluding hydrogens is 334 g/mol. The fraction of sp³-hybridized carbons (Fsp3) is 0.318. The van der Waals surface area contributed by atoms with Gasteiger partial charge in [-0.1, -0.05) is 39.2 Å². The normalized spacial score (nSPS) is 13.8. The molecule has 0 bridgehead atoms. The SMILES string of the molecule is C=C/C=C\C(=C/N(C)c1ccnc(C=C)c1)C1=NCC(C(C)C)=N1.CNC. The van der Waals surface area contributed by atoms with Gasteiger partial charge in [0.2, 0.25) is 0 Å². The average molecular weight is 366 g/mol. The number of nitrogens with zero attached hydrogens (tertiary/aromatic N) is 4. The lowest BCUT2D eigenvalue weighted by atomic mass is 10.1. The fourth-order valence-corrected chi connectivity index (χ4v) is 2.23. The van der Waals surface area contributed by atoms with E-state index in [1.807, 2.05) is 56.5 Å². The number of pyridine rings is 1. The van der Waals surface area contributed by atoms with Gasteiger partial charge in [-0.25, -0.2) is 4.99 Å². The van der Waals surface area contributed by atoms with E-state index in [1.54, 1.807) is 18.3 Å². The van der Waals surface area contributed by atoms with Crippen molar-refractivity contribution in [3.63, 3.8) is 0 Å². The first-order valence-corrected chi connectivity index (χ1v) is 8.99. The molecule has 1 aromatic heterocycles. The zero-order valence-corrected chi connectivity index (χ0v) is 17.1. The average Bonchev–Trinajstić information content (AvgIpc) is 3.16. The number of rotatable bonds is 7. The van der Waals surface area contributed by atoms with Gasteiger partial charge in [0, 0.05) is 36.4 Å². The van der Waals surface area contributed by atoms with Crippen LogP contribution in [0.15, 0.2) is 71.5 Å². The molecular formula is C22H31N5. The predicted octanol–water partition coefficient (Wildman–Crippen LogP) is 4.13. The largest absolute Gasteiger partial charge is 0.350 e. The van der Waals surface area contributed by atoms with E-state index in [0.29, 0.717) is 12.5 Å². The Balaban J connectivity index is 0.00000114. The van der Waals surface area contributed by atoms with Gasteiger partial charge in [-0.05, 0) is 44.3 Å². The molecule has 0 aromatic carbocycles. The Kier molecular flexibility index (Phi) is 9.69. The van der Waals surface area contributed by atoms with Gasteiger partial charge >= 0.3 is 0 Å². The van der Waals surface area contributed by atoms with Crippen LogP contribution in [0.5, 0.6) is 0 Å². The second-order valence-corrected chi connectivity index (χ2v) is 6.33. The van der Waals surface area contributed by atoms with Crippen LogP contribution in [0.2, 0.25) is 0 Å². The number of aliphatic imine (C=N–C) groups is 2. The smallest absolute Gasteiger partial charge is 0.156 e. The molecule has 2 heterocycles. The number of aromatic nitrogens is 1. The third kappa shape index (κ3) is 7.15. The van der Waals surface area contributed by atoms with Gasteiger partial charge < -0.3 is 10.2 Å². The summed E-state index contributed by atoms with van der Waals surface area (Å²) in [7, 11) is 5.74. The molecule has 0 unspecified atom stereocenters. The Bertz CT molecular complexity index is 754. The Labute approximate surface area is 163 Å². The van der Waals surface area contributed by atoms with E-state index < -0.39 is 0 Å². The Morgan fingerprint density at radius 3 is 2.56 bits per heavy atom. The molecule has 1 N–H and O–H groups in total. The maximum absolute atomic E-state index is 4.68. The van der Waals surface area contributed by atoms with Crippen LogP contribution in [-0.4, -0.2) is 44.2 Å². The predicted molar refractivity (Wildman–Crippen MR) is 120 cm³/mol. The number of hydrogen-bond acceptors (Lipinski definition) is 5. The van der Waals surface area contributed by atoms with Crippen LogP contribution >= 0.6 is 0 Å². The van der Waals surface area contributed by atoms with Gasteiger partial charge in [0.15, 0.2) is 5.84 Å². The lowest BCUT2D eigenvalue weighted by molar-refractivity contribution is 0.874. The summed E-state index contributed by atoms with van der Waals surface area (Å²) in [6, 6.07) is 3.94. The van der Waals surface area contributed by atoms with Crippen LogP contribution in [0.3, 0.4) is 0 Å². The minimum Gasteiger partial charge on any atom is -0.350 e. The molecule has 1 aromatic rings. The van der Waals surface area contributed by atoms with Gasteiger partial charge in [-0.15, -0.1) is 0 Å². The topological polar surface area (TPSA) is 52.9 Å². The van der Waals surface area contributed by atoms with Crippen LogP contribution in [0, 0.1) is 5.92 Å². The van der Waals surface area contributed by atoms with Crippen LogP contribution in [0.25, 0.3) is 6.08 Å². The molecule has 0 amide bonds. The summed E-state index contributed by atoms with van der Waals surface area (Å²) in [5, 5.41) is 2.75. The monoisotopic (exact) mass is 365 g/mol. The first-order chi connectivity index (χ1) is 13.0. The van der Waals surface area contributed by atoms with Gasteiger partial charge in [-0.3, -0.25) is 9.98 Å². The van der Waals surface area contributed by atoms with Crippen molar-refractivity contribution >= 4 is 23.3 Å². The molecule has 0 saturated heterocycles. The highest BCUT2D eigenvalue weighted by molar-refractivity contribution is 6.13. The molecule has 0 saturated carbocycles. The van der Waals surface area contributed by atoms with E-state index in [1.165, 1.54) is 0 Å². The van der Waals surface area contributed by atoms with Gasteiger partial charge in [-0.2, -0.15) is 0 Å².